The van der Waals surface area contributed by atoms with Crippen LogP contribution in [0.25, 0.3) is 12.2 Å². The normalized spacial score (nSPS) is 22.5. The van der Waals surface area contributed by atoms with Gasteiger partial charge in [-0.25, -0.2) is 0 Å². The van der Waals surface area contributed by atoms with Gasteiger partial charge < -0.3 is 24.8 Å². The lowest BCUT2D eigenvalue weighted by Crippen LogP contribution is -2.54. The number of hydrogen-bond acceptors (Lipinski definition) is 5. The molecule has 2 aliphatic rings. The minimum absolute atomic E-state index is 0.0787. The van der Waals surface area contributed by atoms with Crippen LogP contribution in [-0.2, 0) is 12.8 Å². The standard InChI is InChI=1S/C35H46O5/c1-23(9-7-10-24(2)22-36)11-14-28-29(37)18-26(19-30(28)38)13-12-25-17-27-21-32-34(3,4)15-8-16-35(32,5)40-33(27)31(20-25)39-6/h10-13,17-20,32,36-38H,7-9,14-16,21-22H2,1-6H3/b13-12+,23-11+,24-10+/t32-,35-/m1/s1. The zero-order valence-electron chi connectivity index (χ0n) is 25.0. The largest absolute Gasteiger partial charge is 0.507 e. The highest BCUT2D eigenvalue weighted by Crippen LogP contribution is 2.54. The topological polar surface area (TPSA) is 79.2 Å². The van der Waals surface area contributed by atoms with Gasteiger partial charge in [0.25, 0.3) is 0 Å². The van der Waals surface area contributed by atoms with E-state index in [0.717, 1.165) is 53.9 Å². The molecule has 1 saturated carbocycles. The van der Waals surface area contributed by atoms with Crippen molar-refractivity contribution in [3.63, 3.8) is 0 Å². The monoisotopic (exact) mass is 546 g/mol. The van der Waals surface area contributed by atoms with Gasteiger partial charge >= 0.3 is 0 Å². The van der Waals surface area contributed by atoms with E-state index in [4.69, 9.17) is 14.6 Å². The molecule has 0 saturated heterocycles. The van der Waals surface area contributed by atoms with Crippen molar-refractivity contribution in [1.29, 1.82) is 0 Å². The highest BCUT2D eigenvalue weighted by Gasteiger charge is 2.51. The van der Waals surface area contributed by atoms with Gasteiger partial charge in [0.1, 0.15) is 17.1 Å². The number of benzene rings is 2. The Morgan fingerprint density at radius 2 is 1.65 bits per heavy atom. The molecule has 4 rings (SSSR count). The average molecular weight is 547 g/mol. The molecule has 1 fully saturated rings. The van der Waals surface area contributed by atoms with E-state index in [0.29, 0.717) is 17.9 Å². The Balaban J connectivity index is 1.52. The van der Waals surface area contributed by atoms with Crippen LogP contribution in [0.3, 0.4) is 0 Å². The molecule has 5 heteroatoms. The first kappa shape index (κ1) is 29.8. The van der Waals surface area contributed by atoms with Crippen molar-refractivity contribution in [2.45, 2.75) is 85.2 Å². The van der Waals surface area contributed by atoms with E-state index >= 15 is 0 Å². The summed E-state index contributed by atoms with van der Waals surface area (Å²) >= 11 is 0. The van der Waals surface area contributed by atoms with Crippen LogP contribution in [0.2, 0.25) is 0 Å². The molecule has 0 spiro atoms. The van der Waals surface area contributed by atoms with Gasteiger partial charge in [-0.05, 0) is 112 Å². The van der Waals surface area contributed by atoms with E-state index in [9.17, 15) is 10.2 Å². The Morgan fingerprint density at radius 1 is 0.975 bits per heavy atom. The van der Waals surface area contributed by atoms with E-state index in [1.165, 1.54) is 24.0 Å². The fraction of sp³-hybridized carbons (Fsp3) is 0.486. The Bertz CT molecular complexity index is 1290. The molecule has 5 nitrogen and oxygen atoms in total. The summed E-state index contributed by atoms with van der Waals surface area (Å²) in [7, 11) is 1.68. The number of aliphatic hydroxyl groups is 1. The number of aromatic hydroxyl groups is 2. The highest BCUT2D eigenvalue weighted by molar-refractivity contribution is 5.73. The number of rotatable bonds is 9. The minimum Gasteiger partial charge on any atom is -0.507 e. The molecular weight excluding hydrogens is 500 g/mol. The minimum atomic E-state index is -0.181. The van der Waals surface area contributed by atoms with E-state index in [2.05, 4.69) is 26.8 Å². The van der Waals surface area contributed by atoms with E-state index in [-0.39, 0.29) is 29.1 Å². The van der Waals surface area contributed by atoms with Crippen molar-refractivity contribution in [2.75, 3.05) is 13.7 Å². The van der Waals surface area contributed by atoms with Crippen molar-refractivity contribution in [3.05, 3.63) is 69.8 Å². The van der Waals surface area contributed by atoms with E-state index in [1.54, 1.807) is 19.2 Å². The molecule has 2 aromatic carbocycles. The summed E-state index contributed by atoms with van der Waals surface area (Å²) in [5.74, 6) is 2.19. The third kappa shape index (κ3) is 6.58. The predicted octanol–water partition coefficient (Wildman–Crippen LogP) is 8.00. The van der Waals surface area contributed by atoms with Gasteiger partial charge in [0.15, 0.2) is 11.5 Å². The lowest BCUT2D eigenvalue weighted by molar-refractivity contribution is -0.0827. The summed E-state index contributed by atoms with van der Waals surface area (Å²) < 4.78 is 12.5. The first-order valence-corrected chi connectivity index (χ1v) is 14.5. The molecule has 1 heterocycles. The molecule has 0 amide bonds. The van der Waals surface area contributed by atoms with Gasteiger partial charge in [0, 0.05) is 11.5 Å². The summed E-state index contributed by atoms with van der Waals surface area (Å²) in [6.45, 7) is 11.0. The second-order valence-electron chi connectivity index (χ2n) is 12.6. The van der Waals surface area contributed by atoms with Crippen LogP contribution in [0, 0.1) is 11.3 Å². The first-order valence-electron chi connectivity index (χ1n) is 14.5. The second kappa shape index (κ2) is 12.1. The third-order valence-corrected chi connectivity index (χ3v) is 8.94. The number of ether oxygens (including phenoxy) is 2. The molecule has 3 N–H and O–H groups in total. The van der Waals surface area contributed by atoms with Gasteiger partial charge in [0.05, 0.1) is 13.7 Å². The van der Waals surface area contributed by atoms with Crippen LogP contribution in [-0.4, -0.2) is 34.6 Å². The molecule has 0 aromatic heterocycles. The van der Waals surface area contributed by atoms with Crippen molar-refractivity contribution in [3.8, 4) is 23.0 Å². The van der Waals surface area contributed by atoms with Crippen LogP contribution in [0.15, 0.2) is 47.6 Å². The molecule has 0 bridgehead atoms. The molecular formula is C35H46O5. The van der Waals surface area contributed by atoms with Crippen LogP contribution >= 0.6 is 0 Å². The summed E-state index contributed by atoms with van der Waals surface area (Å²) in [4.78, 5) is 0. The summed E-state index contributed by atoms with van der Waals surface area (Å²) in [6.07, 6.45) is 14.5. The van der Waals surface area contributed by atoms with Crippen LogP contribution < -0.4 is 9.47 Å². The van der Waals surface area contributed by atoms with Crippen LogP contribution in [0.5, 0.6) is 23.0 Å². The van der Waals surface area contributed by atoms with Gasteiger partial charge in [-0.2, -0.15) is 0 Å². The SMILES string of the molecule is COc1cc(/C=C/c2cc(O)c(C/C=C(\C)CC/C=C(\C)CO)c(O)c2)cc2c1O[C@]1(C)CCCC(C)(C)[C@H]1C2. The van der Waals surface area contributed by atoms with E-state index < -0.39 is 0 Å². The van der Waals surface area contributed by atoms with Crippen LogP contribution in [0.4, 0.5) is 0 Å². The number of hydrogen-bond donors (Lipinski definition) is 3. The lowest BCUT2D eigenvalue weighted by Gasteiger charge is -2.53. The molecule has 40 heavy (non-hydrogen) atoms. The quantitative estimate of drug-likeness (QED) is 0.219. The molecule has 0 radical (unpaired) electrons. The van der Waals surface area contributed by atoms with Crippen LogP contribution in [0.1, 0.15) is 89.0 Å². The molecule has 0 unspecified atom stereocenters. The maximum absolute atomic E-state index is 10.7. The van der Waals surface area contributed by atoms with Gasteiger partial charge in [-0.1, -0.05) is 49.3 Å². The highest BCUT2D eigenvalue weighted by atomic mass is 16.5. The van der Waals surface area contributed by atoms with Crippen molar-refractivity contribution < 1.29 is 24.8 Å². The molecule has 1 aliphatic carbocycles. The van der Waals surface area contributed by atoms with Gasteiger partial charge in [-0.3, -0.25) is 0 Å². The Hall–Kier alpha value is -3.18. The first-order chi connectivity index (χ1) is 19.0. The maximum atomic E-state index is 10.7. The van der Waals surface area contributed by atoms with E-state index in [1.807, 2.05) is 44.2 Å². The molecule has 2 aromatic rings. The Morgan fingerprint density at radius 3 is 2.30 bits per heavy atom. The lowest BCUT2D eigenvalue weighted by atomic mass is 9.59. The fourth-order valence-electron chi connectivity index (χ4n) is 6.49. The molecule has 1 aliphatic heterocycles. The Kier molecular flexibility index (Phi) is 9.04. The number of fused-ring (bicyclic) bond motifs is 2. The summed E-state index contributed by atoms with van der Waals surface area (Å²) in [5, 5.41) is 30.5. The number of allylic oxidation sites excluding steroid dienone is 3. The predicted molar refractivity (Wildman–Crippen MR) is 163 cm³/mol. The maximum Gasteiger partial charge on any atom is 0.165 e. The molecule has 216 valence electrons. The second-order valence-corrected chi connectivity index (χ2v) is 12.6. The number of methoxy groups -OCH3 is 1. The van der Waals surface area contributed by atoms with Crippen molar-refractivity contribution in [1.82, 2.24) is 0 Å². The number of aliphatic hydroxyl groups excluding tert-OH is 1. The summed E-state index contributed by atoms with van der Waals surface area (Å²) in [6, 6.07) is 7.55. The number of phenolic OH excluding ortho intramolecular Hbond substituents is 2. The summed E-state index contributed by atoms with van der Waals surface area (Å²) in [5.41, 5.74) is 5.56. The zero-order valence-corrected chi connectivity index (χ0v) is 25.0. The number of phenols is 2. The van der Waals surface area contributed by atoms with Gasteiger partial charge in [-0.15, -0.1) is 0 Å². The third-order valence-electron chi connectivity index (χ3n) is 8.94. The zero-order chi connectivity index (χ0) is 29.1. The van der Waals surface area contributed by atoms with Crippen molar-refractivity contribution >= 4 is 12.2 Å². The molecule has 2 atom stereocenters. The van der Waals surface area contributed by atoms with Crippen molar-refractivity contribution in [2.24, 2.45) is 11.3 Å². The van der Waals surface area contributed by atoms with Gasteiger partial charge in [0.2, 0.25) is 0 Å². The Labute approximate surface area is 239 Å². The average Bonchev–Trinajstić information content (AvgIpc) is 2.89. The fourth-order valence-corrected chi connectivity index (χ4v) is 6.49. The smallest absolute Gasteiger partial charge is 0.165 e.